The van der Waals surface area contributed by atoms with Crippen LogP contribution in [-0.4, -0.2) is 23.2 Å². The van der Waals surface area contributed by atoms with E-state index in [1.54, 1.807) is 11.8 Å². The van der Waals surface area contributed by atoms with E-state index in [4.69, 9.17) is 5.73 Å². The fraction of sp³-hybridized carbons (Fsp3) is 0.455. The van der Waals surface area contributed by atoms with Gasteiger partial charge in [-0.25, -0.2) is 0 Å². The molecule has 0 fully saturated rings. The zero-order valence-electron chi connectivity index (χ0n) is 8.44. The van der Waals surface area contributed by atoms with Gasteiger partial charge >= 0.3 is 0 Å². The summed E-state index contributed by atoms with van der Waals surface area (Å²) in [5, 5.41) is 10.3. The summed E-state index contributed by atoms with van der Waals surface area (Å²) in [6.07, 6.45) is 0. The van der Waals surface area contributed by atoms with Crippen LogP contribution in [0.5, 0.6) is 0 Å². The number of aliphatic hydroxyl groups is 1. The van der Waals surface area contributed by atoms with Crippen molar-refractivity contribution in [1.82, 2.24) is 0 Å². The molecule has 78 valence electrons. The first-order valence-corrected chi connectivity index (χ1v) is 5.94. The quantitative estimate of drug-likeness (QED) is 0.777. The maximum absolute atomic E-state index is 10.3. The van der Waals surface area contributed by atoms with E-state index < -0.39 is 5.60 Å². The Bertz CT molecular complexity index is 265. The molecule has 0 aliphatic carbocycles. The molecule has 1 unspecified atom stereocenters. The first-order chi connectivity index (χ1) is 6.73. The third kappa shape index (κ3) is 2.74. The van der Waals surface area contributed by atoms with Gasteiger partial charge in [0.05, 0.1) is 0 Å². The first kappa shape index (κ1) is 11.6. The summed E-state index contributed by atoms with van der Waals surface area (Å²) in [4.78, 5) is 0. The molecule has 2 nitrogen and oxygen atoms in total. The Balaban J connectivity index is 2.79. The van der Waals surface area contributed by atoms with Crippen LogP contribution in [0, 0.1) is 0 Å². The number of hydrogen-bond acceptors (Lipinski definition) is 3. The highest BCUT2D eigenvalue weighted by molar-refractivity contribution is 7.99. The standard InChI is InChI=1S/C11H17NOS/c1-2-14-9-11(13,8-12)10-6-4-3-5-7-10/h3-7,13H,2,8-9,12H2,1H3. The maximum atomic E-state index is 10.3. The lowest BCUT2D eigenvalue weighted by Gasteiger charge is -2.26. The number of hydrogen-bond donors (Lipinski definition) is 2. The lowest BCUT2D eigenvalue weighted by atomic mass is 9.96. The monoisotopic (exact) mass is 211 g/mol. The number of thioether (sulfide) groups is 1. The molecular weight excluding hydrogens is 194 g/mol. The van der Waals surface area contributed by atoms with Crippen LogP contribution >= 0.6 is 11.8 Å². The van der Waals surface area contributed by atoms with Gasteiger partial charge < -0.3 is 10.8 Å². The third-order valence-electron chi connectivity index (χ3n) is 2.19. The van der Waals surface area contributed by atoms with Crippen LogP contribution < -0.4 is 5.73 Å². The van der Waals surface area contributed by atoms with Crippen LogP contribution in [0.4, 0.5) is 0 Å². The first-order valence-electron chi connectivity index (χ1n) is 4.78. The Morgan fingerprint density at radius 3 is 2.50 bits per heavy atom. The van der Waals surface area contributed by atoms with Crippen molar-refractivity contribution in [3.8, 4) is 0 Å². The number of rotatable bonds is 5. The van der Waals surface area contributed by atoms with E-state index in [1.807, 2.05) is 30.3 Å². The van der Waals surface area contributed by atoms with E-state index in [0.717, 1.165) is 11.3 Å². The van der Waals surface area contributed by atoms with Gasteiger partial charge in [0.15, 0.2) is 0 Å². The van der Waals surface area contributed by atoms with Crippen molar-refractivity contribution in [2.45, 2.75) is 12.5 Å². The van der Waals surface area contributed by atoms with Crippen LogP contribution in [0.25, 0.3) is 0 Å². The molecule has 3 heteroatoms. The number of benzene rings is 1. The van der Waals surface area contributed by atoms with Gasteiger partial charge in [-0.15, -0.1) is 0 Å². The minimum Gasteiger partial charge on any atom is -0.383 e. The predicted molar refractivity (Wildman–Crippen MR) is 62.4 cm³/mol. The molecule has 0 aliphatic heterocycles. The third-order valence-corrected chi connectivity index (χ3v) is 3.28. The van der Waals surface area contributed by atoms with Crippen molar-refractivity contribution in [3.05, 3.63) is 35.9 Å². The molecule has 0 spiro atoms. The van der Waals surface area contributed by atoms with E-state index >= 15 is 0 Å². The van der Waals surface area contributed by atoms with Crippen LogP contribution in [0.2, 0.25) is 0 Å². The largest absolute Gasteiger partial charge is 0.383 e. The Hall–Kier alpha value is -0.510. The van der Waals surface area contributed by atoms with Gasteiger partial charge in [-0.1, -0.05) is 37.3 Å². The Morgan fingerprint density at radius 1 is 1.36 bits per heavy atom. The molecule has 1 aromatic carbocycles. The zero-order valence-corrected chi connectivity index (χ0v) is 9.26. The minimum absolute atomic E-state index is 0.268. The Labute approximate surface area is 89.5 Å². The van der Waals surface area contributed by atoms with Crippen molar-refractivity contribution < 1.29 is 5.11 Å². The summed E-state index contributed by atoms with van der Waals surface area (Å²) < 4.78 is 0. The fourth-order valence-electron chi connectivity index (χ4n) is 1.28. The Morgan fingerprint density at radius 2 is 2.00 bits per heavy atom. The average Bonchev–Trinajstić information content (AvgIpc) is 2.27. The predicted octanol–water partition coefficient (Wildman–Crippen LogP) is 1.59. The summed E-state index contributed by atoms with van der Waals surface area (Å²) in [6, 6.07) is 9.62. The minimum atomic E-state index is -0.873. The smallest absolute Gasteiger partial charge is 0.111 e. The molecule has 3 N–H and O–H groups in total. The highest BCUT2D eigenvalue weighted by atomic mass is 32.2. The second-order valence-electron chi connectivity index (χ2n) is 3.24. The molecule has 1 atom stereocenters. The van der Waals surface area contributed by atoms with E-state index in [9.17, 15) is 5.11 Å². The van der Waals surface area contributed by atoms with Crippen LogP contribution in [0.15, 0.2) is 30.3 Å². The summed E-state index contributed by atoms with van der Waals surface area (Å²) in [5.41, 5.74) is 5.65. The molecule has 1 rings (SSSR count). The highest BCUT2D eigenvalue weighted by Crippen LogP contribution is 2.24. The SMILES string of the molecule is CCSCC(O)(CN)c1ccccc1. The molecule has 0 radical (unpaired) electrons. The van der Waals surface area contributed by atoms with Gasteiger partial charge in [0.1, 0.15) is 5.60 Å². The second kappa shape index (κ2) is 5.39. The van der Waals surface area contributed by atoms with Crippen LogP contribution in [0.3, 0.4) is 0 Å². The van der Waals surface area contributed by atoms with E-state index in [2.05, 4.69) is 6.92 Å². The van der Waals surface area contributed by atoms with E-state index in [1.165, 1.54) is 0 Å². The second-order valence-corrected chi connectivity index (χ2v) is 4.51. The topological polar surface area (TPSA) is 46.2 Å². The molecule has 1 aromatic rings. The average molecular weight is 211 g/mol. The van der Waals surface area contributed by atoms with E-state index in [0.29, 0.717) is 5.75 Å². The zero-order chi connectivity index (χ0) is 10.4. The van der Waals surface area contributed by atoms with Crippen LogP contribution in [0.1, 0.15) is 12.5 Å². The van der Waals surface area contributed by atoms with Crippen molar-refractivity contribution in [2.24, 2.45) is 5.73 Å². The van der Waals surface area contributed by atoms with Crippen molar-refractivity contribution in [2.75, 3.05) is 18.1 Å². The molecule has 0 saturated carbocycles. The van der Waals surface area contributed by atoms with Crippen molar-refractivity contribution >= 4 is 11.8 Å². The van der Waals surface area contributed by atoms with Gasteiger partial charge in [-0.3, -0.25) is 0 Å². The molecule has 0 saturated heterocycles. The van der Waals surface area contributed by atoms with Gasteiger partial charge in [0, 0.05) is 12.3 Å². The molecular formula is C11H17NOS. The van der Waals surface area contributed by atoms with Gasteiger partial charge in [0.2, 0.25) is 0 Å². The molecule has 0 heterocycles. The van der Waals surface area contributed by atoms with Crippen LogP contribution in [-0.2, 0) is 5.60 Å². The van der Waals surface area contributed by atoms with E-state index in [-0.39, 0.29) is 6.54 Å². The fourth-order valence-corrected chi connectivity index (χ4v) is 2.11. The molecule has 14 heavy (non-hydrogen) atoms. The molecule has 0 aromatic heterocycles. The normalized spacial score (nSPS) is 15.1. The highest BCUT2D eigenvalue weighted by Gasteiger charge is 2.26. The lowest BCUT2D eigenvalue weighted by Crippen LogP contribution is -2.37. The summed E-state index contributed by atoms with van der Waals surface area (Å²) in [6.45, 7) is 2.34. The maximum Gasteiger partial charge on any atom is 0.111 e. The van der Waals surface area contributed by atoms with Gasteiger partial charge in [0.25, 0.3) is 0 Å². The van der Waals surface area contributed by atoms with Crippen molar-refractivity contribution in [1.29, 1.82) is 0 Å². The molecule has 0 aliphatic rings. The summed E-state index contributed by atoms with van der Waals surface area (Å²) >= 11 is 1.70. The summed E-state index contributed by atoms with van der Waals surface area (Å²) in [7, 11) is 0. The molecule has 0 amide bonds. The van der Waals surface area contributed by atoms with Gasteiger partial charge in [-0.2, -0.15) is 11.8 Å². The van der Waals surface area contributed by atoms with Crippen molar-refractivity contribution in [3.63, 3.8) is 0 Å². The van der Waals surface area contributed by atoms with Gasteiger partial charge in [-0.05, 0) is 11.3 Å². The lowest BCUT2D eigenvalue weighted by molar-refractivity contribution is 0.0721. The Kier molecular flexibility index (Phi) is 4.45. The molecule has 0 bridgehead atoms. The number of nitrogens with two attached hydrogens (primary N) is 1. The summed E-state index contributed by atoms with van der Waals surface area (Å²) in [5.74, 6) is 1.65.